The number of ether oxygens (including phenoxy) is 1. The number of amides is 1. The Hall–Kier alpha value is -2.24. The maximum Gasteiger partial charge on any atom is 0.254 e. The van der Waals surface area contributed by atoms with Gasteiger partial charge in [-0.05, 0) is 73.4 Å². The van der Waals surface area contributed by atoms with E-state index < -0.39 is 6.10 Å². The van der Waals surface area contributed by atoms with Crippen LogP contribution in [0.5, 0.6) is 5.75 Å². The zero-order valence-electron chi connectivity index (χ0n) is 18.1. The van der Waals surface area contributed by atoms with Crippen molar-refractivity contribution in [2.24, 2.45) is 0 Å². The number of halogens is 3. The van der Waals surface area contributed by atoms with Crippen LogP contribution < -0.4 is 4.74 Å². The molecule has 1 amide bonds. The van der Waals surface area contributed by atoms with Gasteiger partial charge in [0.05, 0.1) is 12.6 Å². The van der Waals surface area contributed by atoms with E-state index in [-0.39, 0.29) is 18.6 Å². The SMILES string of the molecule is Cc1cc(C(=O)N2CCCC2CO)ccc1OC(c1ccc(Cl)cc1)c1ccc(Cl)cc1Cl. The largest absolute Gasteiger partial charge is 0.481 e. The Morgan fingerprint density at radius 1 is 1.06 bits per heavy atom. The smallest absolute Gasteiger partial charge is 0.254 e. The lowest BCUT2D eigenvalue weighted by molar-refractivity contribution is 0.0677. The maximum absolute atomic E-state index is 13.0. The Bertz CT molecular complexity index is 1150. The van der Waals surface area contributed by atoms with Crippen molar-refractivity contribution >= 4 is 40.7 Å². The number of aryl methyl sites for hydroxylation is 1. The average molecular weight is 505 g/mol. The minimum absolute atomic E-state index is 0.0173. The van der Waals surface area contributed by atoms with Crippen LogP contribution in [0.15, 0.2) is 60.7 Å². The van der Waals surface area contributed by atoms with Gasteiger partial charge < -0.3 is 14.7 Å². The summed E-state index contributed by atoms with van der Waals surface area (Å²) in [5, 5.41) is 11.2. The summed E-state index contributed by atoms with van der Waals surface area (Å²) in [5.41, 5.74) is 3.05. The summed E-state index contributed by atoms with van der Waals surface area (Å²) in [7, 11) is 0. The molecule has 33 heavy (non-hydrogen) atoms. The summed E-state index contributed by atoms with van der Waals surface area (Å²) in [6.07, 6.45) is 1.24. The first-order valence-electron chi connectivity index (χ1n) is 10.8. The van der Waals surface area contributed by atoms with Crippen molar-refractivity contribution < 1.29 is 14.6 Å². The Morgan fingerprint density at radius 3 is 2.45 bits per heavy atom. The molecule has 1 saturated heterocycles. The molecule has 1 aliphatic rings. The molecule has 1 N–H and O–H groups in total. The number of aliphatic hydroxyl groups is 1. The standard InChI is InChI=1S/C26H24Cl3NO3/c1-16-13-18(26(32)30-12-2-3-21(30)15-31)6-11-24(16)33-25(17-4-7-19(27)8-5-17)22-10-9-20(28)14-23(22)29/h4-11,13-14,21,25,31H,2-3,12,15H2,1H3. The highest BCUT2D eigenvalue weighted by molar-refractivity contribution is 6.35. The molecule has 2 atom stereocenters. The van der Waals surface area contributed by atoms with Gasteiger partial charge in [-0.1, -0.05) is 53.0 Å². The van der Waals surface area contributed by atoms with Gasteiger partial charge in [0.2, 0.25) is 0 Å². The first-order valence-corrected chi connectivity index (χ1v) is 11.9. The summed E-state index contributed by atoms with van der Waals surface area (Å²) in [6, 6.07) is 18.0. The van der Waals surface area contributed by atoms with Crippen molar-refractivity contribution in [3.63, 3.8) is 0 Å². The van der Waals surface area contributed by atoms with E-state index in [2.05, 4.69) is 0 Å². The molecule has 172 valence electrons. The molecule has 0 aliphatic carbocycles. The molecule has 3 aromatic rings. The summed E-state index contributed by atoms with van der Waals surface area (Å²) >= 11 is 18.7. The van der Waals surface area contributed by atoms with E-state index in [9.17, 15) is 9.90 Å². The van der Waals surface area contributed by atoms with Crippen molar-refractivity contribution in [3.8, 4) is 5.75 Å². The Morgan fingerprint density at radius 2 is 1.79 bits per heavy atom. The van der Waals surface area contributed by atoms with Gasteiger partial charge in [0.25, 0.3) is 5.91 Å². The third-order valence-electron chi connectivity index (χ3n) is 5.93. The van der Waals surface area contributed by atoms with Gasteiger partial charge in [0.1, 0.15) is 5.75 Å². The molecular weight excluding hydrogens is 481 g/mol. The number of aliphatic hydroxyl groups excluding tert-OH is 1. The normalized spacial score (nSPS) is 16.6. The monoisotopic (exact) mass is 503 g/mol. The number of nitrogens with zero attached hydrogens (tertiary/aromatic N) is 1. The fourth-order valence-electron chi connectivity index (χ4n) is 4.16. The van der Waals surface area contributed by atoms with E-state index >= 15 is 0 Å². The van der Waals surface area contributed by atoms with Gasteiger partial charge in [-0.25, -0.2) is 0 Å². The zero-order valence-corrected chi connectivity index (χ0v) is 20.4. The fourth-order valence-corrected chi connectivity index (χ4v) is 4.80. The molecule has 0 bridgehead atoms. The predicted octanol–water partition coefficient (Wildman–Crippen LogP) is 6.72. The van der Waals surface area contributed by atoms with E-state index in [0.717, 1.165) is 29.5 Å². The highest BCUT2D eigenvalue weighted by Gasteiger charge is 2.29. The molecule has 2 unspecified atom stereocenters. The summed E-state index contributed by atoms with van der Waals surface area (Å²) < 4.78 is 6.44. The maximum atomic E-state index is 13.0. The quantitative estimate of drug-likeness (QED) is 0.405. The molecule has 7 heteroatoms. The van der Waals surface area contributed by atoms with E-state index in [1.807, 2.05) is 31.2 Å². The van der Waals surface area contributed by atoms with Gasteiger partial charge >= 0.3 is 0 Å². The summed E-state index contributed by atoms with van der Waals surface area (Å²) in [6.45, 7) is 2.55. The van der Waals surface area contributed by atoms with Crippen molar-refractivity contribution in [2.75, 3.05) is 13.2 Å². The number of likely N-dealkylation sites (tertiary alicyclic amines) is 1. The molecule has 1 aliphatic heterocycles. The van der Waals surface area contributed by atoms with Gasteiger partial charge in [-0.2, -0.15) is 0 Å². The van der Waals surface area contributed by atoms with Crippen LogP contribution in [0.4, 0.5) is 0 Å². The molecular formula is C26H24Cl3NO3. The number of hydrogen-bond acceptors (Lipinski definition) is 3. The number of carbonyl (C=O) groups is 1. The first-order chi connectivity index (χ1) is 15.9. The van der Waals surface area contributed by atoms with Crippen molar-refractivity contribution in [2.45, 2.75) is 31.9 Å². The molecule has 3 aromatic carbocycles. The average Bonchev–Trinajstić information content (AvgIpc) is 3.28. The van der Waals surface area contributed by atoms with Crippen LogP contribution in [0.25, 0.3) is 0 Å². The van der Waals surface area contributed by atoms with Crippen molar-refractivity contribution in [1.82, 2.24) is 4.90 Å². The topological polar surface area (TPSA) is 49.8 Å². The number of benzene rings is 3. The van der Waals surface area contributed by atoms with Crippen LogP contribution in [-0.2, 0) is 0 Å². The van der Waals surface area contributed by atoms with E-state index in [0.29, 0.717) is 32.9 Å². The van der Waals surface area contributed by atoms with Crippen molar-refractivity contribution in [3.05, 3.63) is 98.0 Å². The number of rotatable bonds is 6. The summed E-state index contributed by atoms with van der Waals surface area (Å²) in [5.74, 6) is 0.564. The van der Waals surface area contributed by atoms with Crippen LogP contribution in [0.1, 0.15) is 46.0 Å². The highest BCUT2D eigenvalue weighted by atomic mass is 35.5. The number of hydrogen-bond donors (Lipinski definition) is 1. The molecule has 1 heterocycles. The van der Waals surface area contributed by atoms with E-state index in [4.69, 9.17) is 39.5 Å². The Balaban J connectivity index is 1.65. The van der Waals surface area contributed by atoms with Crippen LogP contribution in [-0.4, -0.2) is 35.1 Å². The molecule has 0 aromatic heterocycles. The lowest BCUT2D eigenvalue weighted by Gasteiger charge is -2.25. The molecule has 0 saturated carbocycles. The second-order valence-corrected chi connectivity index (χ2v) is 9.45. The third kappa shape index (κ3) is 5.30. The minimum Gasteiger partial charge on any atom is -0.481 e. The second-order valence-electron chi connectivity index (χ2n) is 8.17. The fraction of sp³-hybridized carbons (Fsp3) is 0.269. The van der Waals surface area contributed by atoms with Gasteiger partial charge in [0.15, 0.2) is 6.10 Å². The number of carbonyl (C=O) groups excluding carboxylic acids is 1. The predicted molar refractivity (Wildman–Crippen MR) is 133 cm³/mol. The summed E-state index contributed by atoms with van der Waals surface area (Å²) in [4.78, 5) is 14.7. The van der Waals surface area contributed by atoms with E-state index in [1.165, 1.54) is 0 Å². The first kappa shape index (κ1) is 23.9. The molecule has 1 fully saturated rings. The van der Waals surface area contributed by atoms with E-state index in [1.54, 1.807) is 41.3 Å². The van der Waals surface area contributed by atoms with Gasteiger partial charge in [-0.15, -0.1) is 0 Å². The molecule has 0 spiro atoms. The van der Waals surface area contributed by atoms with Crippen LogP contribution in [0, 0.1) is 6.92 Å². The van der Waals surface area contributed by atoms with Gasteiger partial charge in [0, 0.05) is 32.7 Å². The zero-order chi connectivity index (χ0) is 23.5. The Labute approximate surface area is 208 Å². The van der Waals surface area contributed by atoms with Crippen LogP contribution in [0.2, 0.25) is 15.1 Å². The lowest BCUT2D eigenvalue weighted by atomic mass is 10.0. The molecule has 0 radical (unpaired) electrons. The molecule has 4 nitrogen and oxygen atoms in total. The second kappa shape index (κ2) is 10.4. The third-order valence-corrected chi connectivity index (χ3v) is 6.75. The van der Waals surface area contributed by atoms with Gasteiger partial charge in [-0.3, -0.25) is 4.79 Å². The van der Waals surface area contributed by atoms with Crippen LogP contribution in [0.3, 0.4) is 0 Å². The molecule has 4 rings (SSSR count). The van der Waals surface area contributed by atoms with Crippen LogP contribution >= 0.6 is 34.8 Å². The Kier molecular flexibility index (Phi) is 7.50. The lowest BCUT2D eigenvalue weighted by Crippen LogP contribution is -2.37. The van der Waals surface area contributed by atoms with Crippen molar-refractivity contribution in [1.29, 1.82) is 0 Å². The minimum atomic E-state index is -0.496. The highest BCUT2D eigenvalue weighted by Crippen LogP contribution is 2.36.